The van der Waals surface area contributed by atoms with E-state index in [-0.39, 0.29) is 11.6 Å². The fraction of sp³-hybridized carbons (Fsp3) is 0. The first-order chi connectivity index (χ1) is 13.7. The maximum Gasteiger partial charge on any atom is 0.125 e. The predicted octanol–water partition coefficient (Wildman–Crippen LogP) is 5.77. The van der Waals surface area contributed by atoms with Crippen molar-refractivity contribution in [2.75, 3.05) is 0 Å². The molecule has 0 unspecified atom stereocenters. The zero-order valence-corrected chi connectivity index (χ0v) is 15.9. The zero-order chi connectivity index (χ0) is 19.4. The third-order valence-corrected chi connectivity index (χ3v) is 8.20. The minimum atomic E-state index is -2.52. The van der Waals surface area contributed by atoms with Gasteiger partial charge in [-0.2, -0.15) is 0 Å². The van der Waals surface area contributed by atoms with Crippen molar-refractivity contribution in [3.05, 3.63) is 121 Å². The summed E-state index contributed by atoms with van der Waals surface area (Å²) in [6, 6.07) is 32.7. The molecule has 0 bridgehead atoms. The van der Waals surface area contributed by atoms with Gasteiger partial charge in [-0.15, -0.1) is 0 Å². The van der Waals surface area contributed by atoms with E-state index in [2.05, 4.69) is 0 Å². The molecule has 4 heteroatoms. The number of rotatable bonds is 4. The fourth-order valence-corrected chi connectivity index (χ4v) is 6.78. The molecular weight excluding hydrogens is 371 g/mol. The van der Waals surface area contributed by atoms with Crippen LogP contribution in [0.4, 0.5) is 14.5 Å². The Bertz CT molecular complexity index is 1080. The summed E-state index contributed by atoms with van der Waals surface area (Å²) >= 11 is 0. The second-order valence-corrected chi connectivity index (χ2v) is 9.38. The highest BCUT2D eigenvalue weighted by molar-refractivity contribution is 7.87. The smallest absolute Gasteiger partial charge is 0.125 e. The van der Waals surface area contributed by atoms with Crippen molar-refractivity contribution >= 4 is 28.7 Å². The van der Waals surface area contributed by atoms with E-state index in [1.165, 1.54) is 24.3 Å². The van der Waals surface area contributed by atoms with E-state index in [0.717, 1.165) is 15.9 Å². The van der Waals surface area contributed by atoms with E-state index in [0.29, 0.717) is 5.69 Å². The number of hydrogen-bond acceptors (Lipinski definition) is 1. The van der Waals surface area contributed by atoms with Crippen LogP contribution in [0, 0.1) is 11.6 Å². The summed E-state index contributed by atoms with van der Waals surface area (Å²) in [5, 5.41) is 2.96. The van der Waals surface area contributed by atoms with E-state index in [1.807, 2.05) is 60.7 Å². The van der Waals surface area contributed by atoms with Gasteiger partial charge in [0.25, 0.3) is 0 Å². The molecule has 0 saturated heterocycles. The molecule has 0 aliphatic rings. The third-order valence-electron chi connectivity index (χ3n) is 4.53. The Balaban J connectivity index is 2.13. The minimum Gasteiger partial charge on any atom is -0.254 e. The highest BCUT2D eigenvalue weighted by Crippen LogP contribution is 2.49. The molecule has 0 radical (unpaired) electrons. The molecule has 4 aromatic carbocycles. The molecule has 0 heterocycles. The van der Waals surface area contributed by atoms with Crippen molar-refractivity contribution in [1.82, 2.24) is 0 Å². The molecule has 0 amide bonds. The van der Waals surface area contributed by atoms with Gasteiger partial charge in [-0.05, 0) is 42.5 Å². The Morgan fingerprint density at radius 3 is 1.57 bits per heavy atom. The lowest BCUT2D eigenvalue weighted by molar-refractivity contribution is 0.628. The first-order valence-corrected chi connectivity index (χ1v) is 10.7. The summed E-state index contributed by atoms with van der Waals surface area (Å²) in [4.78, 5) is 0. The van der Waals surface area contributed by atoms with E-state index in [1.54, 1.807) is 24.3 Å². The first kappa shape index (κ1) is 18.3. The van der Waals surface area contributed by atoms with Crippen LogP contribution in [0.1, 0.15) is 0 Å². The van der Waals surface area contributed by atoms with Crippen LogP contribution < -0.4 is 15.9 Å². The topological polar surface area (TPSA) is 12.4 Å². The fourth-order valence-electron chi connectivity index (χ4n) is 3.28. The average Bonchev–Trinajstić information content (AvgIpc) is 2.74. The second kappa shape index (κ2) is 7.92. The van der Waals surface area contributed by atoms with Crippen LogP contribution in [0.25, 0.3) is 0 Å². The lowest BCUT2D eigenvalue weighted by Crippen LogP contribution is -2.25. The van der Waals surface area contributed by atoms with Crippen molar-refractivity contribution < 1.29 is 8.78 Å². The minimum absolute atomic E-state index is 0.297. The Morgan fingerprint density at radius 1 is 0.500 bits per heavy atom. The monoisotopic (exact) mass is 389 g/mol. The van der Waals surface area contributed by atoms with E-state index >= 15 is 0 Å². The lowest BCUT2D eigenvalue weighted by Gasteiger charge is -2.27. The van der Waals surface area contributed by atoms with Crippen LogP contribution in [0.15, 0.2) is 114 Å². The molecule has 28 heavy (non-hydrogen) atoms. The molecule has 0 N–H and O–H groups in total. The molecule has 138 valence electrons. The van der Waals surface area contributed by atoms with Crippen LogP contribution in [0.3, 0.4) is 0 Å². The van der Waals surface area contributed by atoms with Gasteiger partial charge < -0.3 is 0 Å². The molecule has 4 rings (SSSR count). The van der Waals surface area contributed by atoms with Gasteiger partial charge in [0.1, 0.15) is 11.6 Å². The molecule has 0 spiro atoms. The highest BCUT2D eigenvalue weighted by atomic mass is 31.2. The molecule has 0 aromatic heterocycles. The highest BCUT2D eigenvalue weighted by Gasteiger charge is 2.27. The van der Waals surface area contributed by atoms with Crippen molar-refractivity contribution in [3.63, 3.8) is 0 Å². The maximum absolute atomic E-state index is 13.9. The Hall–Kier alpha value is -3.03. The van der Waals surface area contributed by atoms with Crippen LogP contribution in [0.5, 0.6) is 0 Å². The maximum atomic E-state index is 13.9. The molecule has 0 saturated carbocycles. The Labute approximate surface area is 163 Å². The number of hydrogen-bond donors (Lipinski definition) is 0. The van der Waals surface area contributed by atoms with Gasteiger partial charge in [-0.3, -0.25) is 4.74 Å². The van der Waals surface area contributed by atoms with Gasteiger partial charge in [-0.1, -0.05) is 66.7 Å². The Morgan fingerprint density at radius 2 is 1.04 bits per heavy atom. The van der Waals surface area contributed by atoms with Crippen LogP contribution in [0.2, 0.25) is 0 Å². The van der Waals surface area contributed by atoms with Crippen LogP contribution >= 0.6 is 7.05 Å². The molecule has 4 aromatic rings. The number of benzene rings is 4. The standard InChI is InChI=1S/C24H18F2NP/c25-19-14-16-24(17-15-19)28(22-10-3-1-4-11-22,23-12-5-2-6-13-23)27-21-9-7-8-20(26)18-21/h1-18H. The molecular formula is C24H18F2NP. The SMILES string of the molecule is Fc1ccc(P(=Nc2cccc(F)c2)(c2ccccc2)c2ccccc2)cc1. The summed E-state index contributed by atoms with van der Waals surface area (Å²) in [5.74, 6) is -0.631. The average molecular weight is 389 g/mol. The van der Waals surface area contributed by atoms with Gasteiger partial charge in [0.05, 0.1) is 12.7 Å². The van der Waals surface area contributed by atoms with Gasteiger partial charge >= 0.3 is 0 Å². The third kappa shape index (κ3) is 3.54. The quantitative estimate of drug-likeness (QED) is 0.393. The van der Waals surface area contributed by atoms with E-state index in [4.69, 9.17) is 4.74 Å². The largest absolute Gasteiger partial charge is 0.254 e. The Kier molecular flexibility index (Phi) is 5.18. The summed E-state index contributed by atoms with van der Waals surface area (Å²) < 4.78 is 32.7. The van der Waals surface area contributed by atoms with Gasteiger partial charge in [0.15, 0.2) is 0 Å². The van der Waals surface area contributed by atoms with Gasteiger partial charge in [0.2, 0.25) is 0 Å². The first-order valence-electron chi connectivity index (χ1n) is 8.94. The lowest BCUT2D eigenvalue weighted by atomic mass is 10.3. The summed E-state index contributed by atoms with van der Waals surface area (Å²) in [7, 11) is -2.52. The van der Waals surface area contributed by atoms with E-state index < -0.39 is 7.05 Å². The van der Waals surface area contributed by atoms with Crippen molar-refractivity contribution in [3.8, 4) is 0 Å². The molecule has 0 fully saturated rings. The molecule has 0 aliphatic heterocycles. The zero-order valence-electron chi connectivity index (χ0n) is 15.0. The summed E-state index contributed by atoms with van der Waals surface area (Å²) in [6.45, 7) is 0. The van der Waals surface area contributed by atoms with Crippen molar-refractivity contribution in [1.29, 1.82) is 0 Å². The number of nitrogens with zero attached hydrogens (tertiary/aromatic N) is 1. The van der Waals surface area contributed by atoms with Crippen molar-refractivity contribution in [2.24, 2.45) is 4.74 Å². The molecule has 0 atom stereocenters. The van der Waals surface area contributed by atoms with E-state index in [9.17, 15) is 8.78 Å². The summed E-state index contributed by atoms with van der Waals surface area (Å²) in [6.07, 6.45) is 0. The second-order valence-electron chi connectivity index (χ2n) is 6.36. The van der Waals surface area contributed by atoms with Crippen molar-refractivity contribution in [2.45, 2.75) is 0 Å². The normalized spacial score (nSPS) is 11.2. The van der Waals surface area contributed by atoms with Gasteiger partial charge in [0, 0.05) is 15.9 Å². The van der Waals surface area contributed by atoms with Crippen LogP contribution in [-0.4, -0.2) is 0 Å². The molecule has 0 aliphatic carbocycles. The number of halogens is 2. The van der Waals surface area contributed by atoms with Crippen LogP contribution in [-0.2, 0) is 0 Å². The summed E-state index contributed by atoms with van der Waals surface area (Å²) in [5.41, 5.74) is 0.561. The molecule has 1 nitrogen and oxygen atoms in total. The van der Waals surface area contributed by atoms with Gasteiger partial charge in [-0.25, -0.2) is 8.78 Å². The predicted molar refractivity (Wildman–Crippen MR) is 114 cm³/mol.